The molecular weight excluding hydrogens is 313 g/mol. The minimum atomic E-state index is -0.696. The van der Waals surface area contributed by atoms with Crippen LogP contribution in [0, 0.1) is 11.7 Å². The first-order chi connectivity index (χ1) is 10.3. The maximum atomic E-state index is 13.6. The van der Waals surface area contributed by atoms with Crippen LogP contribution >= 0.6 is 11.6 Å². The second-order valence-corrected chi connectivity index (χ2v) is 5.70. The van der Waals surface area contributed by atoms with Gasteiger partial charge < -0.3 is 10.6 Å². The van der Waals surface area contributed by atoms with E-state index in [9.17, 15) is 18.8 Å². The minimum Gasteiger partial charge on any atom is -0.326 e. The van der Waals surface area contributed by atoms with E-state index in [0.717, 1.165) is 11.0 Å². The highest BCUT2D eigenvalue weighted by atomic mass is 35.5. The molecule has 1 aliphatic rings. The smallest absolute Gasteiger partial charge is 0.325 e. The van der Waals surface area contributed by atoms with Crippen molar-refractivity contribution < 1.29 is 18.8 Å². The predicted octanol–water partition coefficient (Wildman–Crippen LogP) is 1.99. The summed E-state index contributed by atoms with van der Waals surface area (Å²) in [5.74, 6) is -1.92. The molecule has 1 aromatic rings. The number of nitrogens with zero attached hydrogens (tertiary/aromatic N) is 1. The Morgan fingerprint density at radius 1 is 1.45 bits per heavy atom. The molecule has 0 spiro atoms. The average molecular weight is 328 g/mol. The van der Waals surface area contributed by atoms with Crippen LogP contribution in [0.15, 0.2) is 18.2 Å². The van der Waals surface area contributed by atoms with Gasteiger partial charge in [-0.05, 0) is 24.1 Å². The van der Waals surface area contributed by atoms with Gasteiger partial charge in [-0.3, -0.25) is 14.5 Å². The van der Waals surface area contributed by atoms with Crippen molar-refractivity contribution in [2.45, 2.75) is 19.9 Å². The zero-order valence-electron chi connectivity index (χ0n) is 12.0. The molecule has 8 heteroatoms. The van der Waals surface area contributed by atoms with E-state index in [1.165, 1.54) is 12.1 Å². The Hall–Kier alpha value is -2.15. The van der Waals surface area contributed by atoms with Gasteiger partial charge in [0.2, 0.25) is 5.91 Å². The summed E-state index contributed by atoms with van der Waals surface area (Å²) < 4.78 is 13.6. The summed E-state index contributed by atoms with van der Waals surface area (Å²) >= 11 is 5.62. The van der Waals surface area contributed by atoms with Crippen LogP contribution in [0.3, 0.4) is 0 Å². The molecule has 2 rings (SSSR count). The molecule has 6 nitrogen and oxygen atoms in total. The van der Waals surface area contributed by atoms with Crippen LogP contribution in [0.4, 0.5) is 14.9 Å². The third-order valence-corrected chi connectivity index (χ3v) is 3.46. The third-order valence-electron chi connectivity index (χ3n) is 3.23. The first-order valence-corrected chi connectivity index (χ1v) is 7.04. The summed E-state index contributed by atoms with van der Waals surface area (Å²) in [6.45, 7) is 3.10. The number of benzene rings is 1. The fraction of sp³-hybridized carbons (Fsp3) is 0.357. The van der Waals surface area contributed by atoms with Crippen molar-refractivity contribution in [2.24, 2.45) is 5.92 Å². The number of amides is 4. The van der Waals surface area contributed by atoms with E-state index in [4.69, 9.17) is 11.6 Å². The van der Waals surface area contributed by atoms with Gasteiger partial charge in [0.25, 0.3) is 5.91 Å². The molecule has 0 aromatic heterocycles. The molecule has 118 valence electrons. The Kier molecular flexibility index (Phi) is 4.65. The largest absolute Gasteiger partial charge is 0.326 e. The Morgan fingerprint density at radius 3 is 2.68 bits per heavy atom. The number of anilines is 1. The van der Waals surface area contributed by atoms with E-state index >= 15 is 0 Å². The highest BCUT2D eigenvalue weighted by Crippen LogP contribution is 2.19. The van der Waals surface area contributed by atoms with Crippen molar-refractivity contribution in [1.29, 1.82) is 0 Å². The van der Waals surface area contributed by atoms with Crippen molar-refractivity contribution in [1.82, 2.24) is 10.2 Å². The summed E-state index contributed by atoms with van der Waals surface area (Å²) in [4.78, 5) is 36.5. The third kappa shape index (κ3) is 3.36. The molecule has 1 unspecified atom stereocenters. The van der Waals surface area contributed by atoms with Gasteiger partial charge in [0.15, 0.2) is 0 Å². The first-order valence-electron chi connectivity index (χ1n) is 6.66. The quantitative estimate of drug-likeness (QED) is 0.830. The highest BCUT2D eigenvalue weighted by Gasteiger charge is 2.40. The molecule has 22 heavy (non-hydrogen) atoms. The van der Waals surface area contributed by atoms with Gasteiger partial charge in [-0.25, -0.2) is 9.18 Å². The van der Waals surface area contributed by atoms with Crippen molar-refractivity contribution in [2.75, 3.05) is 11.9 Å². The number of carbonyl (C=O) groups is 3. The maximum absolute atomic E-state index is 13.6. The molecule has 1 aliphatic heterocycles. The number of rotatable bonds is 4. The van der Waals surface area contributed by atoms with Crippen LogP contribution in [0.5, 0.6) is 0 Å². The zero-order chi connectivity index (χ0) is 16.4. The Labute approximate surface area is 131 Å². The number of hydrogen-bond donors (Lipinski definition) is 2. The summed E-state index contributed by atoms with van der Waals surface area (Å²) in [6, 6.07) is 2.50. The topological polar surface area (TPSA) is 78.5 Å². The summed E-state index contributed by atoms with van der Waals surface area (Å²) in [5.41, 5.74) is -0.0677. The fourth-order valence-corrected chi connectivity index (χ4v) is 2.23. The van der Waals surface area contributed by atoms with E-state index in [1.54, 1.807) is 13.8 Å². The second kappa shape index (κ2) is 6.31. The second-order valence-electron chi connectivity index (χ2n) is 5.27. The summed E-state index contributed by atoms with van der Waals surface area (Å²) in [7, 11) is 0. The molecule has 0 aliphatic carbocycles. The van der Waals surface area contributed by atoms with Crippen LogP contribution < -0.4 is 10.6 Å². The molecular formula is C14H15ClFN3O3. The lowest BCUT2D eigenvalue weighted by Gasteiger charge is -2.14. The van der Waals surface area contributed by atoms with Crippen molar-refractivity contribution in [3.8, 4) is 0 Å². The normalized spacial score (nSPS) is 17.9. The number of imide groups is 1. The standard InChI is InChI=1S/C14H15ClFN3O3/c1-7(2)12-13(21)19(14(22)18-12)6-11(20)17-10-4-3-8(15)5-9(10)16/h3-5,7,12H,6H2,1-2H3,(H,17,20)(H,18,22). The van der Waals surface area contributed by atoms with Crippen molar-refractivity contribution in [3.63, 3.8) is 0 Å². The van der Waals surface area contributed by atoms with Gasteiger partial charge >= 0.3 is 6.03 Å². The van der Waals surface area contributed by atoms with Gasteiger partial charge in [0.1, 0.15) is 18.4 Å². The number of urea groups is 1. The molecule has 1 saturated heterocycles. The molecule has 1 aromatic carbocycles. The SMILES string of the molecule is CC(C)C1NC(=O)N(CC(=O)Nc2ccc(Cl)cc2F)C1=O. The van der Waals surface area contributed by atoms with E-state index < -0.39 is 36.2 Å². The lowest BCUT2D eigenvalue weighted by Crippen LogP contribution is -2.39. The fourth-order valence-electron chi connectivity index (χ4n) is 2.07. The first kappa shape index (κ1) is 16.2. The average Bonchev–Trinajstić information content (AvgIpc) is 2.70. The van der Waals surface area contributed by atoms with Crippen molar-refractivity contribution in [3.05, 3.63) is 29.0 Å². The number of halogens is 2. The number of hydrogen-bond acceptors (Lipinski definition) is 3. The summed E-state index contributed by atoms with van der Waals surface area (Å²) in [6.07, 6.45) is 0. The van der Waals surface area contributed by atoms with Gasteiger partial charge in [0.05, 0.1) is 5.69 Å². The van der Waals surface area contributed by atoms with Crippen molar-refractivity contribution >= 4 is 35.1 Å². The van der Waals surface area contributed by atoms with Crippen LogP contribution in [-0.4, -0.2) is 35.3 Å². The predicted molar refractivity (Wildman–Crippen MR) is 78.9 cm³/mol. The van der Waals surface area contributed by atoms with E-state index in [1.807, 2.05) is 0 Å². The molecule has 0 bridgehead atoms. The molecule has 0 radical (unpaired) electrons. The molecule has 1 fully saturated rings. The van der Waals surface area contributed by atoms with Gasteiger partial charge in [0, 0.05) is 5.02 Å². The Bertz CT molecular complexity index is 636. The van der Waals surface area contributed by atoms with E-state index in [0.29, 0.717) is 0 Å². The lowest BCUT2D eigenvalue weighted by atomic mass is 10.1. The molecule has 1 atom stereocenters. The zero-order valence-corrected chi connectivity index (χ0v) is 12.8. The molecule has 2 N–H and O–H groups in total. The van der Waals surface area contributed by atoms with Gasteiger partial charge in [-0.1, -0.05) is 25.4 Å². The van der Waals surface area contributed by atoms with Gasteiger partial charge in [-0.15, -0.1) is 0 Å². The van der Waals surface area contributed by atoms with Crippen LogP contribution in [0.2, 0.25) is 5.02 Å². The summed E-state index contributed by atoms with van der Waals surface area (Å²) in [5, 5.41) is 5.01. The van der Waals surface area contributed by atoms with Crippen LogP contribution in [0.25, 0.3) is 0 Å². The highest BCUT2D eigenvalue weighted by molar-refractivity contribution is 6.30. The van der Waals surface area contributed by atoms with Crippen LogP contribution in [0.1, 0.15) is 13.8 Å². The van der Waals surface area contributed by atoms with E-state index in [2.05, 4.69) is 10.6 Å². The minimum absolute atomic E-state index is 0.0677. The van der Waals surface area contributed by atoms with E-state index in [-0.39, 0.29) is 16.6 Å². The number of carbonyl (C=O) groups excluding carboxylic acids is 3. The lowest BCUT2D eigenvalue weighted by molar-refractivity contribution is -0.131. The van der Waals surface area contributed by atoms with Gasteiger partial charge in [-0.2, -0.15) is 0 Å². The Morgan fingerprint density at radius 2 is 2.14 bits per heavy atom. The molecule has 1 heterocycles. The molecule has 4 amide bonds. The monoisotopic (exact) mass is 327 g/mol. The number of nitrogens with one attached hydrogen (secondary N) is 2. The Balaban J connectivity index is 2.03. The maximum Gasteiger partial charge on any atom is 0.325 e. The van der Waals surface area contributed by atoms with Crippen LogP contribution in [-0.2, 0) is 9.59 Å². The molecule has 0 saturated carbocycles.